The number of ether oxygens (including phenoxy) is 1. The molecule has 0 radical (unpaired) electrons. The average molecular weight is 288 g/mol. The van der Waals surface area contributed by atoms with E-state index in [1.54, 1.807) is 0 Å². The van der Waals surface area contributed by atoms with Crippen LogP contribution in [0.25, 0.3) is 0 Å². The second-order valence-electron chi connectivity index (χ2n) is 3.60. The van der Waals surface area contributed by atoms with Gasteiger partial charge in [-0.1, -0.05) is 17.6 Å². The summed E-state index contributed by atoms with van der Waals surface area (Å²) in [4.78, 5) is 11.1. The summed E-state index contributed by atoms with van der Waals surface area (Å²) in [5, 5.41) is 0. The Balaban J connectivity index is 0.00000289. The summed E-state index contributed by atoms with van der Waals surface area (Å²) in [7, 11) is 1.16. The molecular weight excluding hydrogens is 278 g/mol. The van der Waals surface area contributed by atoms with Crippen molar-refractivity contribution in [2.24, 2.45) is 0 Å². The molecule has 0 fully saturated rings. The predicted octanol–water partition coefficient (Wildman–Crippen LogP) is -0.839. The van der Waals surface area contributed by atoms with E-state index in [0.717, 1.165) is 13.2 Å². The molecule has 0 amide bonds. The van der Waals surface area contributed by atoms with Crippen molar-refractivity contribution in [1.29, 1.82) is 0 Å². The molecule has 8 heteroatoms. The minimum atomic E-state index is -5.38. The third kappa shape index (κ3) is 4.34. The minimum Gasteiger partial charge on any atom is -0.469 e. The second kappa shape index (κ2) is 7.04. The van der Waals surface area contributed by atoms with Gasteiger partial charge in [0.05, 0.1) is 18.8 Å². The summed E-state index contributed by atoms with van der Waals surface area (Å²) in [6.45, 7) is -3.95. The van der Waals surface area contributed by atoms with Gasteiger partial charge in [0.1, 0.15) is 0 Å². The van der Waals surface area contributed by atoms with Crippen LogP contribution >= 0.6 is 0 Å². The van der Waals surface area contributed by atoms with Crippen LogP contribution in [0.3, 0.4) is 0 Å². The van der Waals surface area contributed by atoms with Gasteiger partial charge in [0.15, 0.2) is 0 Å². The first-order chi connectivity index (χ1) is 7.77. The molecule has 2 nitrogen and oxygen atoms in total. The van der Waals surface area contributed by atoms with Crippen molar-refractivity contribution in [2.45, 2.75) is 12.8 Å². The molecule has 0 spiro atoms. The maximum absolute atomic E-state index is 13.2. The average Bonchev–Trinajstić information content (AvgIpc) is 2.25. The molecule has 94 valence electrons. The number of halogens is 4. The summed E-state index contributed by atoms with van der Waals surface area (Å²) in [6, 6.07) is 2.44. The Kier molecular flexibility index (Phi) is 7.09. The molecular formula is C10H10BF4KO2. The largest absolute Gasteiger partial charge is 1.00 e. The predicted molar refractivity (Wildman–Crippen MR) is 55.5 cm³/mol. The van der Waals surface area contributed by atoms with E-state index in [1.807, 2.05) is 0 Å². The number of esters is 1. The van der Waals surface area contributed by atoms with Crippen molar-refractivity contribution >= 4 is 18.4 Å². The van der Waals surface area contributed by atoms with Crippen molar-refractivity contribution in [2.75, 3.05) is 7.11 Å². The molecule has 0 saturated carbocycles. The van der Waals surface area contributed by atoms with Crippen molar-refractivity contribution in [3.63, 3.8) is 0 Å². The third-order valence-electron chi connectivity index (χ3n) is 2.43. The van der Waals surface area contributed by atoms with Crippen molar-refractivity contribution < 1.29 is 78.3 Å². The van der Waals surface area contributed by atoms with Crippen LogP contribution in [0.15, 0.2) is 18.2 Å². The normalized spacial score (nSPS) is 12.6. The van der Waals surface area contributed by atoms with Gasteiger partial charge in [-0.25, -0.2) is 4.39 Å². The molecule has 1 unspecified atom stereocenters. The Labute approximate surface area is 145 Å². The SMILES string of the molecule is COC(=O)C(C)c1ccc([B-](F)(F)F)c(F)c1.[K+]. The van der Waals surface area contributed by atoms with E-state index in [0.29, 0.717) is 12.1 Å². The third-order valence-corrected chi connectivity index (χ3v) is 2.43. The molecule has 0 saturated heterocycles. The van der Waals surface area contributed by atoms with Gasteiger partial charge in [-0.2, -0.15) is 0 Å². The van der Waals surface area contributed by atoms with Crippen molar-refractivity contribution in [3.8, 4) is 0 Å². The van der Waals surface area contributed by atoms with E-state index in [9.17, 15) is 22.1 Å². The Morgan fingerprint density at radius 1 is 1.33 bits per heavy atom. The first-order valence-electron chi connectivity index (χ1n) is 4.84. The Bertz CT molecular complexity index is 436. The van der Waals surface area contributed by atoms with Gasteiger partial charge in [0.2, 0.25) is 0 Å². The number of hydrogen-bond acceptors (Lipinski definition) is 2. The molecule has 0 bridgehead atoms. The standard InChI is InChI=1S/C10H10BF4O2.K/c1-6(10(16)17-2)7-3-4-8(9(12)5-7)11(13,14)15;/h3-6H,1-2H3;/q-1;+1. The molecule has 18 heavy (non-hydrogen) atoms. The van der Waals surface area contributed by atoms with Crippen LogP contribution in [0.1, 0.15) is 18.4 Å². The summed E-state index contributed by atoms with van der Waals surface area (Å²) in [6.07, 6.45) is 0. The Morgan fingerprint density at radius 2 is 1.89 bits per heavy atom. The van der Waals surface area contributed by atoms with Gasteiger partial charge in [0, 0.05) is 0 Å². The van der Waals surface area contributed by atoms with Crippen LogP contribution in [0.4, 0.5) is 17.3 Å². The fourth-order valence-corrected chi connectivity index (χ4v) is 1.39. The van der Waals surface area contributed by atoms with Crippen LogP contribution in [0.5, 0.6) is 0 Å². The van der Waals surface area contributed by atoms with E-state index in [2.05, 4.69) is 4.74 Å². The summed E-state index contributed by atoms with van der Waals surface area (Å²) < 4.78 is 54.7. The number of methoxy groups -OCH3 is 1. The first kappa shape index (κ1) is 18.1. The molecule has 0 aliphatic rings. The Hall–Kier alpha value is 0.111. The summed E-state index contributed by atoms with van der Waals surface area (Å²) >= 11 is 0. The van der Waals surface area contributed by atoms with Gasteiger partial charge in [-0.3, -0.25) is 4.79 Å². The summed E-state index contributed by atoms with van der Waals surface area (Å²) in [5.74, 6) is -2.80. The van der Waals surface area contributed by atoms with E-state index in [-0.39, 0.29) is 56.9 Å². The molecule has 1 aromatic rings. The molecule has 1 atom stereocenters. The van der Waals surface area contributed by atoms with Crippen LogP contribution in [-0.4, -0.2) is 20.1 Å². The van der Waals surface area contributed by atoms with Crippen LogP contribution in [-0.2, 0) is 9.53 Å². The van der Waals surface area contributed by atoms with Gasteiger partial charge in [-0.15, -0.1) is 0 Å². The molecule has 0 heterocycles. The van der Waals surface area contributed by atoms with Crippen molar-refractivity contribution in [1.82, 2.24) is 0 Å². The maximum Gasteiger partial charge on any atom is 1.00 e. The molecule has 0 aliphatic heterocycles. The Morgan fingerprint density at radius 3 is 2.28 bits per heavy atom. The monoisotopic (exact) mass is 288 g/mol. The maximum atomic E-state index is 13.2. The second-order valence-corrected chi connectivity index (χ2v) is 3.60. The van der Waals surface area contributed by atoms with Crippen LogP contribution in [0.2, 0.25) is 0 Å². The topological polar surface area (TPSA) is 26.3 Å². The van der Waals surface area contributed by atoms with Crippen LogP contribution < -0.4 is 56.8 Å². The molecule has 1 rings (SSSR count). The number of carbonyl (C=O) groups excluding carboxylic acids is 1. The number of carbonyl (C=O) groups is 1. The fourth-order valence-electron chi connectivity index (χ4n) is 1.39. The minimum absolute atomic E-state index is 0. The quantitative estimate of drug-likeness (QED) is 0.412. The van der Waals surface area contributed by atoms with Crippen molar-refractivity contribution in [3.05, 3.63) is 29.6 Å². The van der Waals surface area contributed by atoms with E-state index < -0.39 is 30.1 Å². The molecule has 0 N–H and O–H groups in total. The first-order valence-corrected chi connectivity index (χ1v) is 4.84. The molecule has 1 aromatic carbocycles. The zero-order valence-corrected chi connectivity index (χ0v) is 13.3. The number of benzene rings is 1. The number of rotatable bonds is 3. The van der Waals surface area contributed by atoms with E-state index >= 15 is 0 Å². The van der Waals surface area contributed by atoms with Gasteiger partial charge < -0.3 is 17.7 Å². The number of hydrogen-bond donors (Lipinski definition) is 0. The smallest absolute Gasteiger partial charge is 0.469 e. The van der Waals surface area contributed by atoms with Crippen LogP contribution in [0, 0.1) is 5.82 Å². The van der Waals surface area contributed by atoms with Gasteiger partial charge >= 0.3 is 64.3 Å². The molecule has 0 aliphatic carbocycles. The van der Waals surface area contributed by atoms with Gasteiger partial charge in [0.25, 0.3) is 0 Å². The summed E-state index contributed by atoms with van der Waals surface area (Å²) in [5.41, 5.74) is -1.14. The molecule has 0 aromatic heterocycles. The van der Waals surface area contributed by atoms with E-state index in [1.165, 1.54) is 6.92 Å². The fraction of sp³-hybridized carbons (Fsp3) is 0.300. The zero-order valence-electron chi connectivity index (χ0n) is 10.2. The van der Waals surface area contributed by atoms with E-state index in [4.69, 9.17) is 0 Å². The van der Waals surface area contributed by atoms with Gasteiger partial charge in [-0.05, 0) is 18.6 Å². The zero-order chi connectivity index (χ0) is 13.2.